The molecule has 0 saturated carbocycles. The number of benzene rings is 3. The van der Waals surface area contributed by atoms with Gasteiger partial charge >= 0.3 is 0 Å². The number of ether oxygens (including phenoxy) is 3. The van der Waals surface area contributed by atoms with Gasteiger partial charge in [-0.05, 0) is 69.7 Å². The van der Waals surface area contributed by atoms with E-state index in [0.29, 0.717) is 17.1 Å². The third kappa shape index (κ3) is 7.73. The number of hydrogen-bond acceptors (Lipinski definition) is 7. The average molecular weight is 598 g/mol. The molecule has 3 aromatic rings. The minimum atomic E-state index is -4.28. The van der Waals surface area contributed by atoms with Crippen molar-refractivity contribution < 1.29 is 32.2 Å². The van der Waals surface area contributed by atoms with Crippen molar-refractivity contribution in [3.8, 4) is 17.2 Å². The molecule has 0 radical (unpaired) electrons. The second-order valence-electron chi connectivity index (χ2n) is 10.1. The number of carbonyl (C=O) groups is 2. The van der Waals surface area contributed by atoms with Crippen molar-refractivity contribution in [1.29, 1.82) is 0 Å². The topological polar surface area (TPSA) is 114 Å². The van der Waals surface area contributed by atoms with E-state index in [0.717, 1.165) is 9.87 Å². The Labute approximate surface area is 248 Å². The summed E-state index contributed by atoms with van der Waals surface area (Å²) in [6.07, 6.45) is 0. The minimum absolute atomic E-state index is 0.00396. The highest BCUT2D eigenvalue weighted by Gasteiger charge is 2.34. The number of methoxy groups -OCH3 is 3. The summed E-state index contributed by atoms with van der Waals surface area (Å²) < 4.78 is 45.4. The van der Waals surface area contributed by atoms with Gasteiger partial charge in [0, 0.05) is 18.7 Å². The average Bonchev–Trinajstić information content (AvgIpc) is 2.97. The molecule has 3 aromatic carbocycles. The van der Waals surface area contributed by atoms with Crippen LogP contribution in [0.4, 0.5) is 5.69 Å². The van der Waals surface area contributed by atoms with Crippen molar-refractivity contribution in [2.45, 2.75) is 51.2 Å². The third-order valence-corrected chi connectivity index (χ3v) is 8.40. The maximum absolute atomic E-state index is 14.1. The second-order valence-corrected chi connectivity index (χ2v) is 11.9. The summed E-state index contributed by atoms with van der Waals surface area (Å²) in [7, 11) is 0.135. The van der Waals surface area contributed by atoms with Gasteiger partial charge in [0.25, 0.3) is 10.0 Å². The molecule has 1 atom stereocenters. The maximum Gasteiger partial charge on any atom is 0.264 e. The highest BCUT2D eigenvalue weighted by Crippen LogP contribution is 2.36. The highest BCUT2D eigenvalue weighted by molar-refractivity contribution is 7.92. The van der Waals surface area contributed by atoms with Crippen LogP contribution in [-0.2, 0) is 26.2 Å². The molecule has 0 aromatic heterocycles. The lowest BCUT2D eigenvalue weighted by Gasteiger charge is -2.32. The first kappa shape index (κ1) is 32.3. The summed E-state index contributed by atoms with van der Waals surface area (Å²) in [6.45, 7) is 6.54. The first-order chi connectivity index (χ1) is 19.9. The van der Waals surface area contributed by atoms with E-state index in [1.807, 2.05) is 26.8 Å². The molecule has 0 aliphatic heterocycles. The van der Waals surface area contributed by atoms with Gasteiger partial charge in [0.05, 0.1) is 31.9 Å². The van der Waals surface area contributed by atoms with Gasteiger partial charge in [-0.15, -0.1) is 0 Å². The zero-order valence-corrected chi connectivity index (χ0v) is 25.9. The van der Waals surface area contributed by atoms with E-state index >= 15 is 0 Å². The summed E-state index contributed by atoms with van der Waals surface area (Å²) in [6, 6.07) is 17.1. The predicted octanol–water partition coefficient (Wildman–Crippen LogP) is 4.16. The molecule has 1 N–H and O–H groups in total. The number of hydrogen-bond donors (Lipinski definition) is 1. The monoisotopic (exact) mass is 597 g/mol. The molecule has 42 heavy (non-hydrogen) atoms. The molecular formula is C31H39N3O7S. The van der Waals surface area contributed by atoms with Gasteiger partial charge in [-0.25, -0.2) is 8.42 Å². The summed E-state index contributed by atoms with van der Waals surface area (Å²) in [4.78, 5) is 28.6. The largest absolute Gasteiger partial charge is 0.497 e. The van der Waals surface area contributed by atoms with Crippen LogP contribution in [0.2, 0.25) is 0 Å². The van der Waals surface area contributed by atoms with Crippen LogP contribution in [0.25, 0.3) is 0 Å². The molecule has 0 saturated heterocycles. The quantitative estimate of drug-likeness (QED) is 0.315. The van der Waals surface area contributed by atoms with Gasteiger partial charge in [0.1, 0.15) is 29.8 Å². The predicted molar refractivity (Wildman–Crippen MR) is 162 cm³/mol. The van der Waals surface area contributed by atoms with Crippen LogP contribution in [0.1, 0.15) is 31.9 Å². The van der Waals surface area contributed by atoms with Gasteiger partial charge in [-0.2, -0.15) is 0 Å². The Bertz CT molecular complexity index is 1490. The van der Waals surface area contributed by atoms with Crippen LogP contribution in [-0.4, -0.2) is 65.1 Å². The first-order valence-corrected chi connectivity index (χ1v) is 14.9. The van der Waals surface area contributed by atoms with Crippen molar-refractivity contribution in [2.24, 2.45) is 0 Å². The van der Waals surface area contributed by atoms with Crippen LogP contribution in [0.5, 0.6) is 17.2 Å². The number of aryl methyl sites for hydroxylation is 1. The van der Waals surface area contributed by atoms with E-state index in [4.69, 9.17) is 14.2 Å². The van der Waals surface area contributed by atoms with Crippen molar-refractivity contribution >= 4 is 27.5 Å². The Morgan fingerprint density at radius 1 is 0.857 bits per heavy atom. The lowest BCUT2D eigenvalue weighted by molar-refractivity contribution is -0.139. The van der Waals surface area contributed by atoms with Gasteiger partial charge < -0.3 is 24.4 Å². The molecule has 3 rings (SSSR count). The zero-order chi connectivity index (χ0) is 31.0. The van der Waals surface area contributed by atoms with Crippen molar-refractivity contribution in [3.63, 3.8) is 0 Å². The van der Waals surface area contributed by atoms with E-state index in [1.54, 1.807) is 49.4 Å². The number of carbonyl (C=O) groups excluding carboxylic acids is 2. The number of anilines is 1. The Morgan fingerprint density at radius 2 is 1.50 bits per heavy atom. The number of sulfonamides is 1. The number of nitrogens with zero attached hydrogens (tertiary/aromatic N) is 2. The minimum Gasteiger partial charge on any atom is -0.497 e. The van der Waals surface area contributed by atoms with Crippen LogP contribution in [0.15, 0.2) is 71.6 Å². The SMILES string of the molecule is COc1cccc(CN(C(=O)CN(c2cc(OC)ccc2OC)S(=O)(=O)c2ccc(C)cc2)C(C)C(=O)NC(C)C)c1. The summed E-state index contributed by atoms with van der Waals surface area (Å²) in [5, 5.41) is 2.84. The number of nitrogens with one attached hydrogen (secondary N) is 1. The Hall–Kier alpha value is -4.25. The van der Waals surface area contributed by atoms with Gasteiger partial charge in [0.15, 0.2) is 0 Å². The molecule has 0 aliphatic rings. The molecule has 10 nitrogen and oxygen atoms in total. The van der Waals surface area contributed by atoms with Crippen LogP contribution >= 0.6 is 0 Å². The summed E-state index contributed by atoms with van der Waals surface area (Å²) in [5.74, 6) is 0.228. The fraction of sp³-hybridized carbons (Fsp3) is 0.355. The molecule has 11 heteroatoms. The molecule has 0 heterocycles. The van der Waals surface area contributed by atoms with Crippen LogP contribution in [0, 0.1) is 6.92 Å². The maximum atomic E-state index is 14.1. The molecule has 0 spiro atoms. The lowest BCUT2D eigenvalue weighted by atomic mass is 10.1. The molecule has 0 bridgehead atoms. The normalized spacial score (nSPS) is 11.9. The number of rotatable bonds is 13. The van der Waals surface area contributed by atoms with E-state index in [9.17, 15) is 18.0 Å². The summed E-state index contributed by atoms with van der Waals surface area (Å²) in [5.41, 5.74) is 1.70. The molecule has 0 fully saturated rings. The Kier molecular flexibility index (Phi) is 10.8. The van der Waals surface area contributed by atoms with E-state index < -0.39 is 28.5 Å². The smallest absolute Gasteiger partial charge is 0.264 e. The highest BCUT2D eigenvalue weighted by atomic mass is 32.2. The van der Waals surface area contributed by atoms with Crippen LogP contribution < -0.4 is 23.8 Å². The molecular weight excluding hydrogens is 558 g/mol. The van der Waals surface area contributed by atoms with Crippen molar-refractivity contribution in [3.05, 3.63) is 77.9 Å². The molecule has 226 valence electrons. The van der Waals surface area contributed by atoms with E-state index in [-0.39, 0.29) is 34.8 Å². The second kappa shape index (κ2) is 14.1. The van der Waals surface area contributed by atoms with Crippen molar-refractivity contribution in [2.75, 3.05) is 32.2 Å². The Balaban J connectivity index is 2.13. The third-order valence-electron chi connectivity index (χ3n) is 6.63. The fourth-order valence-corrected chi connectivity index (χ4v) is 5.71. The van der Waals surface area contributed by atoms with E-state index in [1.165, 1.54) is 44.4 Å². The van der Waals surface area contributed by atoms with Gasteiger partial charge in [-0.3, -0.25) is 13.9 Å². The molecule has 0 aliphatic carbocycles. The van der Waals surface area contributed by atoms with Gasteiger partial charge in [-0.1, -0.05) is 29.8 Å². The standard InChI is InChI=1S/C31H39N3O7S/c1-21(2)32-31(36)23(4)33(19-24-9-8-10-25(17-24)39-5)30(35)20-34(28-18-26(40-6)13-16-29(28)41-7)42(37,38)27-14-11-22(3)12-15-27/h8-18,21,23H,19-20H2,1-7H3,(H,32,36). The first-order valence-electron chi connectivity index (χ1n) is 13.5. The lowest BCUT2D eigenvalue weighted by Crippen LogP contribution is -2.52. The molecule has 2 amide bonds. The van der Waals surface area contributed by atoms with Crippen LogP contribution in [0.3, 0.4) is 0 Å². The number of amides is 2. The zero-order valence-electron chi connectivity index (χ0n) is 25.1. The van der Waals surface area contributed by atoms with Crippen molar-refractivity contribution in [1.82, 2.24) is 10.2 Å². The molecule has 1 unspecified atom stereocenters. The Morgan fingerprint density at radius 3 is 2.10 bits per heavy atom. The summed E-state index contributed by atoms with van der Waals surface area (Å²) >= 11 is 0. The van der Waals surface area contributed by atoms with Gasteiger partial charge in [0.2, 0.25) is 11.8 Å². The fourth-order valence-electron chi connectivity index (χ4n) is 4.30. The van der Waals surface area contributed by atoms with E-state index in [2.05, 4.69) is 5.32 Å².